The Kier molecular flexibility index (Phi) is 4.04. The topological polar surface area (TPSA) is 39.2 Å². The molecule has 0 fully saturated rings. The van der Waals surface area contributed by atoms with Gasteiger partial charge in [0.1, 0.15) is 23.2 Å². The first-order valence-corrected chi connectivity index (χ1v) is 6.36. The molecule has 5 heteroatoms. The summed E-state index contributed by atoms with van der Waals surface area (Å²) in [6, 6.07) is 7.16. The molecule has 0 saturated heterocycles. The van der Waals surface area contributed by atoms with Crippen LogP contribution in [0.25, 0.3) is 0 Å². The number of benzene rings is 1. The van der Waals surface area contributed by atoms with Gasteiger partial charge < -0.3 is 10.2 Å². The van der Waals surface area contributed by atoms with Gasteiger partial charge in [0.15, 0.2) is 0 Å². The molecule has 2 rings (SSSR count). The Morgan fingerprint density at radius 3 is 2.61 bits per heavy atom. The van der Waals surface area contributed by atoms with Gasteiger partial charge in [-0.2, -0.15) is 0 Å². The highest BCUT2D eigenvalue weighted by molar-refractivity contribution is 7.99. The van der Waals surface area contributed by atoms with E-state index in [-0.39, 0.29) is 5.25 Å². The lowest BCUT2D eigenvalue weighted by Crippen LogP contribution is -2.08. The maximum atomic E-state index is 13.5. The Morgan fingerprint density at radius 1 is 1.28 bits per heavy atom. The zero-order valence-corrected chi connectivity index (χ0v) is 10.6. The Bertz CT molecular complexity index is 542. The molecule has 2 aromatic rings. The summed E-state index contributed by atoms with van der Waals surface area (Å²) in [6.07, 6.45) is 0. The van der Waals surface area contributed by atoms with Crippen LogP contribution >= 0.6 is 11.8 Å². The molecule has 0 aliphatic carbocycles. The maximum absolute atomic E-state index is 13.5. The van der Waals surface area contributed by atoms with Crippen molar-refractivity contribution in [3.8, 4) is 0 Å². The molecule has 2 nitrogen and oxygen atoms in total. The maximum Gasteiger partial charge on any atom is 0.139 e. The Morgan fingerprint density at radius 2 is 2.06 bits per heavy atom. The number of thioether (sulfide) groups is 1. The lowest BCUT2D eigenvalue weighted by molar-refractivity contribution is 0.481. The predicted octanol–water partition coefficient (Wildman–Crippen LogP) is 3.66. The van der Waals surface area contributed by atoms with E-state index in [2.05, 4.69) is 0 Å². The van der Waals surface area contributed by atoms with Crippen molar-refractivity contribution in [2.75, 3.05) is 6.54 Å². The fourth-order valence-corrected chi connectivity index (χ4v) is 2.54. The molecule has 0 saturated carbocycles. The minimum atomic E-state index is -0.588. The van der Waals surface area contributed by atoms with E-state index >= 15 is 0 Å². The van der Waals surface area contributed by atoms with Crippen LogP contribution in [-0.2, 0) is 0 Å². The van der Waals surface area contributed by atoms with Gasteiger partial charge in [0.05, 0.1) is 5.25 Å². The molecule has 0 aliphatic heterocycles. The van der Waals surface area contributed by atoms with Gasteiger partial charge in [-0.05, 0) is 31.2 Å². The molecule has 1 heterocycles. The minimum Gasteiger partial charge on any atom is -0.465 e. The van der Waals surface area contributed by atoms with Gasteiger partial charge in [-0.15, -0.1) is 11.8 Å². The molecule has 2 N–H and O–H groups in total. The smallest absolute Gasteiger partial charge is 0.139 e. The van der Waals surface area contributed by atoms with E-state index in [1.165, 1.54) is 23.9 Å². The van der Waals surface area contributed by atoms with Gasteiger partial charge in [-0.1, -0.05) is 0 Å². The number of hydrogen-bond donors (Lipinski definition) is 1. The van der Waals surface area contributed by atoms with Gasteiger partial charge in [0.2, 0.25) is 0 Å². The summed E-state index contributed by atoms with van der Waals surface area (Å²) in [5, 5.41) is -0.182. The van der Waals surface area contributed by atoms with Crippen LogP contribution in [0.4, 0.5) is 8.78 Å². The molecule has 96 valence electrons. The zero-order chi connectivity index (χ0) is 13.1. The second-order valence-electron chi connectivity index (χ2n) is 3.87. The quantitative estimate of drug-likeness (QED) is 0.861. The molecule has 0 radical (unpaired) electrons. The molecule has 18 heavy (non-hydrogen) atoms. The van der Waals surface area contributed by atoms with Crippen molar-refractivity contribution >= 4 is 11.8 Å². The number of halogens is 2. The third-order valence-electron chi connectivity index (χ3n) is 2.46. The molecule has 1 aromatic carbocycles. The summed E-state index contributed by atoms with van der Waals surface area (Å²) < 4.78 is 31.8. The van der Waals surface area contributed by atoms with Gasteiger partial charge in [0, 0.05) is 17.5 Å². The van der Waals surface area contributed by atoms with Crippen LogP contribution < -0.4 is 5.73 Å². The van der Waals surface area contributed by atoms with Crippen LogP contribution in [0.2, 0.25) is 0 Å². The summed E-state index contributed by atoms with van der Waals surface area (Å²) in [6.45, 7) is 2.15. The first kappa shape index (κ1) is 13.1. The second-order valence-corrected chi connectivity index (χ2v) is 5.11. The highest BCUT2D eigenvalue weighted by Gasteiger charge is 2.17. The lowest BCUT2D eigenvalue weighted by atomic mass is 10.3. The predicted molar refractivity (Wildman–Crippen MR) is 67.5 cm³/mol. The van der Waals surface area contributed by atoms with E-state index < -0.39 is 11.6 Å². The lowest BCUT2D eigenvalue weighted by Gasteiger charge is -2.12. The fraction of sp³-hybridized carbons (Fsp3) is 0.231. The largest absolute Gasteiger partial charge is 0.465 e. The summed E-state index contributed by atoms with van der Waals surface area (Å²) >= 11 is 1.23. The summed E-state index contributed by atoms with van der Waals surface area (Å²) in [4.78, 5) is 0.362. The summed E-state index contributed by atoms with van der Waals surface area (Å²) in [5.41, 5.74) is 5.66. The summed E-state index contributed by atoms with van der Waals surface area (Å²) in [7, 11) is 0. The van der Waals surface area contributed by atoms with E-state index in [4.69, 9.17) is 10.2 Å². The average Bonchev–Trinajstić information content (AvgIpc) is 2.75. The van der Waals surface area contributed by atoms with Crippen LogP contribution in [-0.4, -0.2) is 6.54 Å². The molecule has 0 bridgehead atoms. The Balaban J connectivity index is 2.20. The highest BCUT2D eigenvalue weighted by Crippen LogP contribution is 2.36. The Labute approximate surface area is 108 Å². The minimum absolute atomic E-state index is 0.182. The number of aryl methyl sites for hydroxylation is 1. The van der Waals surface area contributed by atoms with E-state index in [1.54, 1.807) is 0 Å². The van der Waals surface area contributed by atoms with Crippen molar-refractivity contribution in [3.05, 3.63) is 53.5 Å². The zero-order valence-electron chi connectivity index (χ0n) is 9.82. The number of nitrogens with two attached hydrogens (primary N) is 1. The molecular formula is C13H13F2NOS. The van der Waals surface area contributed by atoms with Gasteiger partial charge >= 0.3 is 0 Å². The fourth-order valence-electron chi connectivity index (χ4n) is 1.57. The van der Waals surface area contributed by atoms with Gasteiger partial charge in [-0.25, -0.2) is 8.78 Å². The van der Waals surface area contributed by atoms with Crippen molar-refractivity contribution in [2.45, 2.75) is 17.1 Å². The number of rotatable bonds is 4. The van der Waals surface area contributed by atoms with Crippen molar-refractivity contribution in [1.82, 2.24) is 0 Å². The van der Waals surface area contributed by atoms with E-state index in [9.17, 15) is 8.78 Å². The van der Waals surface area contributed by atoms with Crippen molar-refractivity contribution in [2.24, 2.45) is 5.73 Å². The van der Waals surface area contributed by atoms with Crippen LogP contribution in [0.3, 0.4) is 0 Å². The normalized spacial score (nSPS) is 12.7. The van der Waals surface area contributed by atoms with Crippen LogP contribution in [0.15, 0.2) is 39.6 Å². The molecule has 0 aliphatic rings. The molecule has 1 aromatic heterocycles. The molecule has 0 amide bonds. The van der Waals surface area contributed by atoms with Crippen molar-refractivity contribution in [1.29, 1.82) is 0 Å². The van der Waals surface area contributed by atoms with E-state index in [0.717, 1.165) is 11.8 Å². The summed E-state index contributed by atoms with van der Waals surface area (Å²) in [5.74, 6) is 0.309. The molecule has 0 spiro atoms. The van der Waals surface area contributed by atoms with Crippen molar-refractivity contribution in [3.63, 3.8) is 0 Å². The number of furan rings is 1. The first-order valence-electron chi connectivity index (χ1n) is 5.48. The number of hydrogen-bond acceptors (Lipinski definition) is 3. The molecule has 1 unspecified atom stereocenters. The third kappa shape index (κ3) is 2.91. The van der Waals surface area contributed by atoms with E-state index in [1.807, 2.05) is 19.1 Å². The van der Waals surface area contributed by atoms with E-state index in [0.29, 0.717) is 17.2 Å². The average molecular weight is 269 g/mol. The first-order chi connectivity index (χ1) is 8.60. The SMILES string of the molecule is Cc1ccc(C(CN)Sc2ccc(F)cc2F)o1. The standard InChI is InChI=1S/C13H13F2NOS/c1-8-2-4-11(17-8)13(7-16)18-12-5-3-9(14)6-10(12)15/h2-6,13H,7,16H2,1H3. The van der Waals surface area contributed by atoms with Crippen LogP contribution in [0, 0.1) is 18.6 Å². The van der Waals surface area contributed by atoms with Crippen molar-refractivity contribution < 1.29 is 13.2 Å². The monoisotopic (exact) mass is 269 g/mol. The van der Waals surface area contributed by atoms with Crippen LogP contribution in [0.5, 0.6) is 0 Å². The molecular weight excluding hydrogens is 256 g/mol. The third-order valence-corrected chi connectivity index (χ3v) is 3.75. The van der Waals surface area contributed by atoms with Gasteiger partial charge in [-0.3, -0.25) is 0 Å². The Hall–Kier alpha value is -1.33. The molecule has 1 atom stereocenters. The van der Waals surface area contributed by atoms with Gasteiger partial charge in [0.25, 0.3) is 0 Å². The second kappa shape index (κ2) is 5.54. The van der Waals surface area contributed by atoms with Crippen LogP contribution in [0.1, 0.15) is 16.8 Å². The highest BCUT2D eigenvalue weighted by atomic mass is 32.2.